The molecule has 11 nitrogen and oxygen atoms in total. The van der Waals surface area contributed by atoms with E-state index in [0.29, 0.717) is 55.7 Å². The molecule has 3 fully saturated rings. The smallest absolute Gasteiger partial charge is 0.338 e. The van der Waals surface area contributed by atoms with Crippen molar-refractivity contribution in [2.75, 3.05) is 51.1 Å². The van der Waals surface area contributed by atoms with E-state index in [2.05, 4.69) is 34.3 Å². The topological polar surface area (TPSA) is 143 Å². The number of nitrogens with one attached hydrogen (secondary N) is 1. The molecule has 212 valence electrons. The first-order chi connectivity index (χ1) is 18.0. The molecule has 3 amide bonds. The maximum Gasteiger partial charge on any atom is 0.354 e. The van der Waals surface area contributed by atoms with Gasteiger partial charge in [0.25, 0.3) is 0 Å². The Labute approximate surface area is 234 Å². The average molecular weight is 559 g/mol. The van der Waals surface area contributed by atoms with Gasteiger partial charge < -0.3 is 26.2 Å². The number of halogens is 1. The number of carbonyl (C=O) groups excluding carboxylic acids is 2. The number of rotatable bonds is 6. The molecular weight excluding hydrogens is 520 g/mol. The highest BCUT2D eigenvalue weighted by molar-refractivity contribution is 5.89. The highest BCUT2D eigenvalue weighted by Crippen LogP contribution is 2.44. The number of benzene rings is 1. The van der Waals surface area contributed by atoms with Gasteiger partial charge in [-0.05, 0) is 55.4 Å². The average Bonchev–Trinajstić information content (AvgIpc) is 3.27. The summed E-state index contributed by atoms with van der Waals surface area (Å²) >= 11 is 0. The number of nitrogens with zero attached hydrogens (tertiary/aromatic N) is 5. The van der Waals surface area contributed by atoms with Crippen LogP contribution in [0.4, 0.5) is 10.6 Å². The van der Waals surface area contributed by atoms with Crippen molar-refractivity contribution < 1.29 is 9.59 Å². The van der Waals surface area contributed by atoms with Gasteiger partial charge in [-0.1, -0.05) is 19.1 Å². The number of hydrogen-bond donors (Lipinski definition) is 3. The van der Waals surface area contributed by atoms with Crippen LogP contribution in [0.1, 0.15) is 32.3 Å². The zero-order valence-corrected chi connectivity index (χ0v) is 23.6. The number of likely N-dealkylation sites (tertiary alicyclic amines) is 1. The van der Waals surface area contributed by atoms with Crippen molar-refractivity contribution in [2.45, 2.75) is 38.3 Å². The lowest BCUT2D eigenvalue weighted by molar-refractivity contribution is -0.137. The Bertz CT molecular complexity index is 1240. The zero-order valence-electron chi connectivity index (χ0n) is 22.7. The van der Waals surface area contributed by atoms with E-state index in [-0.39, 0.29) is 30.2 Å². The van der Waals surface area contributed by atoms with E-state index >= 15 is 0 Å². The molecule has 0 radical (unpaired) electrons. The van der Waals surface area contributed by atoms with Crippen molar-refractivity contribution >= 4 is 30.2 Å². The third kappa shape index (κ3) is 6.27. The van der Waals surface area contributed by atoms with Crippen LogP contribution < -0.4 is 22.5 Å². The second-order valence-corrected chi connectivity index (χ2v) is 11.5. The molecule has 3 atom stereocenters. The molecule has 3 heterocycles. The Kier molecular flexibility index (Phi) is 8.36. The lowest BCUT2D eigenvalue weighted by Gasteiger charge is -2.37. The highest BCUT2D eigenvalue weighted by atomic mass is 35.5. The summed E-state index contributed by atoms with van der Waals surface area (Å²) in [7, 11) is 0. The first kappa shape index (κ1) is 29.0. The van der Waals surface area contributed by atoms with Gasteiger partial charge >= 0.3 is 11.7 Å². The van der Waals surface area contributed by atoms with Gasteiger partial charge in [-0.15, -0.1) is 12.4 Å². The maximum absolute atomic E-state index is 12.7. The molecule has 3 aliphatic rings. The number of fused-ring (bicyclic) bond motifs is 1. The Morgan fingerprint density at radius 1 is 1.05 bits per heavy atom. The lowest BCUT2D eigenvalue weighted by Crippen LogP contribution is -2.58. The first-order valence-electron chi connectivity index (χ1n) is 13.3. The van der Waals surface area contributed by atoms with Crippen LogP contribution in [-0.2, 0) is 4.79 Å². The Balaban J connectivity index is 0.00000353. The minimum absolute atomic E-state index is 0. The number of anilines is 1. The maximum atomic E-state index is 12.7. The van der Waals surface area contributed by atoms with Gasteiger partial charge in [-0.2, -0.15) is 4.98 Å². The molecule has 1 aliphatic carbocycles. The summed E-state index contributed by atoms with van der Waals surface area (Å²) in [6.45, 7) is 10.3. The van der Waals surface area contributed by atoms with Crippen molar-refractivity contribution in [2.24, 2.45) is 23.3 Å². The van der Waals surface area contributed by atoms with Gasteiger partial charge in [-0.25, -0.2) is 9.59 Å². The van der Waals surface area contributed by atoms with Crippen LogP contribution in [0, 0.1) is 11.8 Å². The van der Waals surface area contributed by atoms with Gasteiger partial charge in [0.05, 0.1) is 11.2 Å². The lowest BCUT2D eigenvalue weighted by atomic mass is 10.00. The molecule has 39 heavy (non-hydrogen) atoms. The molecule has 0 spiro atoms. The van der Waals surface area contributed by atoms with Crippen molar-refractivity contribution in [3.8, 4) is 5.69 Å². The Morgan fingerprint density at radius 2 is 1.64 bits per heavy atom. The Morgan fingerprint density at radius 3 is 2.21 bits per heavy atom. The van der Waals surface area contributed by atoms with E-state index in [4.69, 9.17) is 11.5 Å². The number of carbonyl (C=O) groups is 2. The van der Waals surface area contributed by atoms with Crippen LogP contribution in [0.25, 0.3) is 5.69 Å². The fourth-order valence-corrected chi connectivity index (χ4v) is 5.64. The number of aromatic nitrogens is 2. The van der Waals surface area contributed by atoms with Gasteiger partial charge in [0, 0.05) is 58.1 Å². The third-order valence-corrected chi connectivity index (χ3v) is 8.05. The number of hydrogen-bond acceptors (Lipinski definition) is 7. The minimum Gasteiger partial charge on any atom is -0.338 e. The summed E-state index contributed by atoms with van der Waals surface area (Å²) in [4.78, 5) is 47.6. The molecular formula is C27H39ClN8O3. The van der Waals surface area contributed by atoms with Crippen molar-refractivity contribution in [1.82, 2.24) is 24.3 Å². The molecule has 3 unspecified atom stereocenters. The van der Waals surface area contributed by atoms with Crippen LogP contribution in [0.15, 0.2) is 41.3 Å². The fourth-order valence-electron chi connectivity index (χ4n) is 5.64. The second kappa shape index (κ2) is 11.2. The summed E-state index contributed by atoms with van der Waals surface area (Å²) in [5, 5.41) is 2.69. The molecule has 1 aromatic heterocycles. The monoisotopic (exact) mass is 558 g/mol. The normalized spacial score (nSPS) is 23.6. The van der Waals surface area contributed by atoms with Crippen LogP contribution >= 0.6 is 12.4 Å². The highest BCUT2D eigenvalue weighted by Gasteiger charge is 2.53. The molecule has 2 aromatic rings. The molecule has 12 heteroatoms. The third-order valence-electron chi connectivity index (χ3n) is 8.05. The van der Waals surface area contributed by atoms with E-state index in [9.17, 15) is 14.4 Å². The number of piperazine rings is 1. The van der Waals surface area contributed by atoms with Crippen molar-refractivity contribution in [3.05, 3.63) is 52.6 Å². The number of nitrogens with two attached hydrogens (primary N) is 2. The van der Waals surface area contributed by atoms with Gasteiger partial charge in [0.2, 0.25) is 5.91 Å². The molecule has 1 saturated carbocycles. The largest absolute Gasteiger partial charge is 0.354 e. The first-order valence-corrected chi connectivity index (χ1v) is 13.3. The van der Waals surface area contributed by atoms with Crippen molar-refractivity contribution in [3.63, 3.8) is 0 Å². The Hall–Kier alpha value is -2.99. The predicted molar refractivity (Wildman–Crippen MR) is 152 cm³/mol. The number of amides is 3. The molecule has 1 aromatic carbocycles. The summed E-state index contributed by atoms with van der Waals surface area (Å²) < 4.78 is 1.46. The summed E-state index contributed by atoms with van der Waals surface area (Å²) in [5.41, 5.74) is 12.5. The van der Waals surface area contributed by atoms with Crippen molar-refractivity contribution in [1.29, 1.82) is 0 Å². The van der Waals surface area contributed by atoms with Gasteiger partial charge in [0.1, 0.15) is 5.82 Å². The van der Waals surface area contributed by atoms with Gasteiger partial charge in [0.15, 0.2) is 0 Å². The van der Waals surface area contributed by atoms with E-state index < -0.39 is 11.2 Å². The van der Waals surface area contributed by atoms with Crippen LogP contribution in [0.5, 0.6) is 0 Å². The summed E-state index contributed by atoms with van der Waals surface area (Å²) in [6, 6.07) is 9.62. The van der Waals surface area contributed by atoms with Crippen LogP contribution in [-0.4, -0.2) is 93.6 Å². The standard InChI is InChI=1S/C27H38N8O3.ClH/c1-17(14-32-15-20-21(16-32)23(20)28)18-4-6-19(7-5-18)35-9-8-22(31-26(35)38)30-25(37)34-12-10-33(11-13-34)24(36)27(2,3)29;/h4-9,17,20-21,23H,10-16,28-29H2,1-3H3,(H,30,31,37,38);1H. The van der Waals surface area contributed by atoms with Crippen LogP contribution in [0.3, 0.4) is 0 Å². The zero-order chi connectivity index (χ0) is 27.2. The summed E-state index contributed by atoms with van der Waals surface area (Å²) in [6.07, 6.45) is 1.61. The summed E-state index contributed by atoms with van der Waals surface area (Å²) in [5.74, 6) is 1.79. The van der Waals surface area contributed by atoms with E-state index in [1.165, 1.54) is 10.1 Å². The molecule has 2 saturated heterocycles. The molecule has 2 aliphatic heterocycles. The number of piperidine rings is 1. The molecule has 0 bridgehead atoms. The SMILES string of the molecule is CC(CN1CC2C(N)C2C1)c1ccc(-n2ccc(NC(=O)N3CCN(C(=O)C(C)(C)N)CC3)nc2=O)cc1.Cl. The van der Waals surface area contributed by atoms with Gasteiger partial charge in [-0.3, -0.25) is 14.7 Å². The fraction of sp³-hybridized carbons (Fsp3) is 0.556. The predicted octanol–water partition coefficient (Wildman–Crippen LogP) is 1.06. The van der Waals surface area contributed by atoms with E-state index in [0.717, 1.165) is 19.6 Å². The van der Waals surface area contributed by atoms with E-state index in [1.54, 1.807) is 35.9 Å². The second-order valence-electron chi connectivity index (χ2n) is 11.5. The quantitative estimate of drug-likeness (QED) is 0.481. The van der Waals surface area contributed by atoms with E-state index in [1.807, 2.05) is 12.1 Å². The minimum atomic E-state index is -0.945. The number of urea groups is 1. The molecule has 5 N–H and O–H groups in total. The molecule has 5 rings (SSSR count). The van der Waals surface area contributed by atoms with Crippen LogP contribution in [0.2, 0.25) is 0 Å².